The number of rotatable bonds is 6. The van der Waals surface area contributed by atoms with Crippen LogP contribution in [0.2, 0.25) is 10.0 Å². The van der Waals surface area contributed by atoms with Gasteiger partial charge in [-0.3, -0.25) is 9.79 Å². The van der Waals surface area contributed by atoms with E-state index >= 15 is 0 Å². The van der Waals surface area contributed by atoms with Crippen LogP contribution in [-0.2, 0) is 20.7 Å². The van der Waals surface area contributed by atoms with Crippen LogP contribution in [0.3, 0.4) is 0 Å². The zero-order valence-corrected chi connectivity index (χ0v) is 17.6. The van der Waals surface area contributed by atoms with Gasteiger partial charge in [-0.05, 0) is 24.6 Å². The minimum absolute atomic E-state index is 0.0418. The molecule has 1 atom stereocenters. The number of anilines is 1. The normalized spacial score (nSPS) is 13.9. The molecule has 0 aliphatic carbocycles. The Hall–Kier alpha value is -2.57. The first-order chi connectivity index (χ1) is 13.9. The first-order valence-electron chi connectivity index (χ1n) is 9.06. The van der Waals surface area contributed by atoms with E-state index in [0.717, 1.165) is 17.0 Å². The summed E-state index contributed by atoms with van der Waals surface area (Å²) in [5, 5.41) is 3.58. The maximum atomic E-state index is 12.7. The van der Waals surface area contributed by atoms with Gasteiger partial charge in [-0.15, -0.1) is 0 Å². The first kappa shape index (κ1) is 21.1. The number of amides is 1. The number of esters is 1. The number of halogens is 2. The Kier molecular flexibility index (Phi) is 6.77. The Morgan fingerprint density at radius 3 is 2.59 bits per heavy atom. The van der Waals surface area contributed by atoms with Crippen LogP contribution in [0.1, 0.15) is 12.5 Å². The molecule has 1 amide bonds. The van der Waals surface area contributed by atoms with Crippen molar-refractivity contribution in [1.29, 1.82) is 0 Å². The lowest BCUT2D eigenvalue weighted by molar-refractivity contribution is -0.144. The predicted molar refractivity (Wildman–Crippen MR) is 116 cm³/mol. The number of carbonyl (C=O) groups excluding carboxylic acids is 2. The van der Waals surface area contributed by atoms with Crippen molar-refractivity contribution in [3.63, 3.8) is 0 Å². The van der Waals surface area contributed by atoms with Crippen LogP contribution in [0.25, 0.3) is 0 Å². The number of aliphatic imine (C=N–C) groups is 1. The molecule has 2 aromatic carbocycles. The highest BCUT2D eigenvalue weighted by molar-refractivity contribution is 6.42. The largest absolute Gasteiger partial charge is 0.467 e. The van der Waals surface area contributed by atoms with E-state index in [1.807, 2.05) is 42.2 Å². The Morgan fingerprint density at radius 2 is 1.90 bits per heavy atom. The van der Waals surface area contributed by atoms with E-state index < -0.39 is 12.0 Å². The van der Waals surface area contributed by atoms with Crippen molar-refractivity contribution in [2.45, 2.75) is 19.4 Å². The molecule has 1 N–H and O–H groups in total. The molecule has 29 heavy (non-hydrogen) atoms. The molecule has 2 aromatic rings. The Labute approximate surface area is 179 Å². The predicted octanol–water partition coefficient (Wildman–Crippen LogP) is 3.81. The van der Waals surface area contributed by atoms with Crippen LogP contribution in [-0.4, -0.2) is 43.8 Å². The zero-order valence-electron chi connectivity index (χ0n) is 16.1. The molecule has 0 saturated carbocycles. The molecule has 6 nitrogen and oxygen atoms in total. The maximum Gasteiger partial charge on any atom is 0.328 e. The molecule has 0 fully saturated rings. The van der Waals surface area contributed by atoms with Crippen molar-refractivity contribution in [1.82, 2.24) is 5.32 Å². The molecule has 3 rings (SSSR count). The second kappa shape index (κ2) is 9.29. The molecular weight excluding hydrogens is 413 g/mol. The fourth-order valence-corrected chi connectivity index (χ4v) is 3.53. The van der Waals surface area contributed by atoms with Gasteiger partial charge in [0.05, 0.1) is 41.6 Å². The minimum atomic E-state index is -0.775. The molecule has 8 heteroatoms. The van der Waals surface area contributed by atoms with Crippen molar-refractivity contribution in [3.8, 4) is 0 Å². The number of carbonyl (C=O) groups is 2. The van der Waals surface area contributed by atoms with Gasteiger partial charge in [0.25, 0.3) is 0 Å². The molecule has 1 aliphatic rings. The molecule has 0 aromatic heterocycles. The number of nitrogens with zero attached hydrogens (tertiary/aromatic N) is 2. The van der Waals surface area contributed by atoms with Crippen LogP contribution in [0.5, 0.6) is 0 Å². The Bertz CT molecular complexity index is 948. The standard InChI is InChI=1S/C21H21Cl2N3O3/c1-13-11-26(19-10-16(23)15(22)9-17(19)24-13)12-20(27)25-18(21(28)29-2)8-14-6-4-3-5-7-14/h3-7,9-10,18H,8,11-12H2,1-2H3,(H,25,27)/t18-/m0/s1. The quantitative estimate of drug-likeness (QED) is 0.703. The van der Waals surface area contributed by atoms with Crippen LogP contribution < -0.4 is 10.2 Å². The average Bonchev–Trinajstić information content (AvgIpc) is 2.69. The number of hydrogen-bond acceptors (Lipinski definition) is 5. The smallest absolute Gasteiger partial charge is 0.328 e. The van der Waals surface area contributed by atoms with Crippen LogP contribution >= 0.6 is 23.2 Å². The van der Waals surface area contributed by atoms with Gasteiger partial charge < -0.3 is 15.0 Å². The van der Waals surface area contributed by atoms with E-state index in [9.17, 15) is 9.59 Å². The SMILES string of the molecule is COC(=O)[C@H](Cc1ccccc1)NC(=O)CN1CC(C)=Nc2cc(Cl)c(Cl)cc21. The third kappa shape index (κ3) is 5.28. The van der Waals surface area contributed by atoms with E-state index in [0.29, 0.717) is 28.7 Å². The van der Waals surface area contributed by atoms with Gasteiger partial charge in [0.15, 0.2) is 0 Å². The van der Waals surface area contributed by atoms with Crippen LogP contribution in [0, 0.1) is 0 Å². The van der Waals surface area contributed by atoms with Gasteiger partial charge in [-0.2, -0.15) is 0 Å². The monoisotopic (exact) mass is 433 g/mol. The van der Waals surface area contributed by atoms with Crippen LogP contribution in [0.15, 0.2) is 47.5 Å². The van der Waals surface area contributed by atoms with Crippen molar-refractivity contribution in [3.05, 3.63) is 58.1 Å². The summed E-state index contributed by atoms with van der Waals surface area (Å²) >= 11 is 12.2. The van der Waals surface area contributed by atoms with Crippen molar-refractivity contribution >= 4 is 52.2 Å². The van der Waals surface area contributed by atoms with E-state index in [2.05, 4.69) is 10.3 Å². The fraction of sp³-hybridized carbons (Fsp3) is 0.286. The lowest BCUT2D eigenvalue weighted by atomic mass is 10.1. The third-order valence-electron chi connectivity index (χ3n) is 4.53. The highest BCUT2D eigenvalue weighted by Gasteiger charge is 2.25. The lowest BCUT2D eigenvalue weighted by Crippen LogP contribution is -2.48. The number of ether oxygens (including phenoxy) is 1. The number of hydrogen-bond donors (Lipinski definition) is 1. The molecule has 0 saturated heterocycles. The molecule has 0 bridgehead atoms. The molecule has 0 radical (unpaired) electrons. The topological polar surface area (TPSA) is 71.0 Å². The summed E-state index contributed by atoms with van der Waals surface area (Å²) in [6, 6.07) is 12.1. The summed E-state index contributed by atoms with van der Waals surface area (Å²) in [5.41, 5.74) is 3.15. The minimum Gasteiger partial charge on any atom is -0.467 e. The molecular formula is C21H21Cl2N3O3. The molecule has 0 spiro atoms. The fourth-order valence-electron chi connectivity index (χ4n) is 3.21. The van der Waals surface area contributed by atoms with Gasteiger partial charge in [-0.1, -0.05) is 53.5 Å². The van der Waals surface area contributed by atoms with Crippen molar-refractivity contribution in [2.24, 2.45) is 4.99 Å². The van der Waals surface area contributed by atoms with Gasteiger partial charge in [0.2, 0.25) is 5.91 Å². The summed E-state index contributed by atoms with van der Waals surface area (Å²) < 4.78 is 4.86. The number of methoxy groups -OCH3 is 1. The molecule has 1 aliphatic heterocycles. The van der Waals surface area contributed by atoms with E-state index in [1.54, 1.807) is 12.1 Å². The third-order valence-corrected chi connectivity index (χ3v) is 5.25. The van der Waals surface area contributed by atoms with Crippen molar-refractivity contribution < 1.29 is 14.3 Å². The second-order valence-corrected chi connectivity index (χ2v) is 7.61. The molecule has 1 heterocycles. The van der Waals surface area contributed by atoms with Crippen molar-refractivity contribution in [2.75, 3.05) is 25.1 Å². The van der Waals surface area contributed by atoms with Gasteiger partial charge in [-0.25, -0.2) is 4.79 Å². The van der Waals surface area contributed by atoms with Crippen LogP contribution in [0.4, 0.5) is 11.4 Å². The van der Waals surface area contributed by atoms with E-state index in [4.69, 9.17) is 27.9 Å². The molecule has 0 unspecified atom stereocenters. The number of fused-ring (bicyclic) bond motifs is 1. The summed E-state index contributed by atoms with van der Waals surface area (Å²) in [5.74, 6) is -0.795. The highest BCUT2D eigenvalue weighted by atomic mass is 35.5. The Balaban J connectivity index is 1.74. The Morgan fingerprint density at radius 1 is 1.21 bits per heavy atom. The van der Waals surface area contributed by atoms with Gasteiger partial charge >= 0.3 is 5.97 Å². The average molecular weight is 434 g/mol. The maximum absolute atomic E-state index is 12.7. The summed E-state index contributed by atoms with van der Waals surface area (Å²) in [4.78, 5) is 31.3. The summed E-state index contributed by atoms with van der Waals surface area (Å²) in [7, 11) is 1.30. The lowest BCUT2D eigenvalue weighted by Gasteiger charge is -2.30. The summed E-state index contributed by atoms with van der Waals surface area (Å²) in [6.45, 7) is 2.39. The van der Waals surface area contributed by atoms with E-state index in [-0.39, 0.29) is 12.5 Å². The zero-order chi connectivity index (χ0) is 21.0. The molecule has 152 valence electrons. The van der Waals surface area contributed by atoms with E-state index in [1.165, 1.54) is 7.11 Å². The number of nitrogens with one attached hydrogen (secondary N) is 1. The first-order valence-corrected chi connectivity index (χ1v) is 9.82. The second-order valence-electron chi connectivity index (χ2n) is 6.79. The summed E-state index contributed by atoms with van der Waals surface area (Å²) in [6.07, 6.45) is 0.345. The van der Waals surface area contributed by atoms with Gasteiger partial charge in [0.1, 0.15) is 6.04 Å². The van der Waals surface area contributed by atoms with Gasteiger partial charge in [0, 0.05) is 12.1 Å². The highest BCUT2D eigenvalue weighted by Crippen LogP contribution is 2.38. The number of benzene rings is 2.